The molecule has 1 aromatic heterocycles. The molecule has 2 aromatic rings. The second-order valence-corrected chi connectivity index (χ2v) is 5.09. The summed E-state index contributed by atoms with van der Waals surface area (Å²) in [7, 11) is 0. The van der Waals surface area contributed by atoms with Crippen LogP contribution < -0.4 is 10.2 Å². The Balaban J connectivity index is 2.06. The minimum Gasteiger partial charge on any atom is -0.278 e. The number of carbonyl (C=O) groups excluding carboxylic acids is 2. The Hall–Kier alpha value is -1.95. The fourth-order valence-corrected chi connectivity index (χ4v) is 2.58. The van der Waals surface area contributed by atoms with Gasteiger partial charge in [-0.3, -0.25) is 15.0 Å². The third kappa shape index (κ3) is 2.19. The van der Waals surface area contributed by atoms with Crippen molar-refractivity contribution in [2.75, 3.05) is 11.4 Å². The van der Waals surface area contributed by atoms with E-state index >= 15 is 0 Å². The van der Waals surface area contributed by atoms with Gasteiger partial charge in [0.2, 0.25) is 5.91 Å². The van der Waals surface area contributed by atoms with Gasteiger partial charge in [0.1, 0.15) is 5.82 Å². The third-order valence-electron chi connectivity index (χ3n) is 2.98. The van der Waals surface area contributed by atoms with Crippen LogP contribution >= 0.6 is 15.9 Å². The van der Waals surface area contributed by atoms with Crippen molar-refractivity contribution in [1.29, 1.82) is 0 Å². The Bertz CT molecular complexity index is 687. The lowest BCUT2D eigenvalue weighted by Gasteiger charge is -2.25. The average molecular weight is 320 g/mol. The summed E-state index contributed by atoms with van der Waals surface area (Å²) in [4.78, 5) is 28.9. The molecule has 1 fully saturated rings. The number of pyridine rings is 1. The zero-order valence-corrected chi connectivity index (χ0v) is 11.5. The number of imide groups is 1. The average Bonchev–Trinajstić information content (AvgIpc) is 2.38. The predicted octanol–water partition coefficient (Wildman–Crippen LogP) is 2.44. The summed E-state index contributed by atoms with van der Waals surface area (Å²) in [6.07, 6.45) is 0.290. The maximum absolute atomic E-state index is 11.8. The molecule has 6 heteroatoms. The number of amides is 3. The molecule has 3 amide bonds. The monoisotopic (exact) mass is 319 g/mol. The topological polar surface area (TPSA) is 62.3 Å². The molecule has 1 N–H and O–H groups in total. The van der Waals surface area contributed by atoms with E-state index in [2.05, 4.69) is 26.2 Å². The zero-order valence-electron chi connectivity index (χ0n) is 9.89. The molecule has 1 saturated heterocycles. The minimum atomic E-state index is -0.425. The smallest absolute Gasteiger partial charge is 0.278 e. The van der Waals surface area contributed by atoms with Crippen molar-refractivity contribution in [1.82, 2.24) is 10.3 Å². The van der Waals surface area contributed by atoms with Crippen LogP contribution in [0.1, 0.15) is 6.42 Å². The van der Waals surface area contributed by atoms with Crippen LogP contribution in [0.4, 0.5) is 10.6 Å². The molecular weight excluding hydrogens is 310 g/mol. The zero-order chi connectivity index (χ0) is 13.4. The number of nitrogens with zero attached hydrogens (tertiary/aromatic N) is 2. The van der Waals surface area contributed by atoms with Gasteiger partial charge in [-0.25, -0.2) is 9.78 Å². The van der Waals surface area contributed by atoms with E-state index in [0.717, 1.165) is 15.4 Å². The highest BCUT2D eigenvalue weighted by Gasteiger charge is 2.25. The molecular formula is C13H10BrN3O2. The first-order valence-electron chi connectivity index (χ1n) is 5.82. The van der Waals surface area contributed by atoms with Crippen LogP contribution in [0.15, 0.2) is 34.8 Å². The molecule has 0 unspecified atom stereocenters. The Labute approximate surface area is 117 Å². The lowest BCUT2D eigenvalue weighted by molar-refractivity contribution is -0.120. The first-order chi connectivity index (χ1) is 9.15. The second-order valence-electron chi connectivity index (χ2n) is 4.23. The van der Waals surface area contributed by atoms with Crippen LogP contribution in [0.25, 0.3) is 10.9 Å². The van der Waals surface area contributed by atoms with E-state index in [4.69, 9.17) is 0 Å². The molecule has 0 bridgehead atoms. The number of hydrogen-bond acceptors (Lipinski definition) is 3. The van der Waals surface area contributed by atoms with Crippen molar-refractivity contribution in [2.24, 2.45) is 0 Å². The number of halogens is 1. The highest BCUT2D eigenvalue weighted by atomic mass is 79.9. The number of hydrogen-bond donors (Lipinski definition) is 1. The van der Waals surface area contributed by atoms with Gasteiger partial charge in [0.15, 0.2) is 0 Å². The number of aromatic nitrogens is 1. The Morgan fingerprint density at radius 3 is 2.84 bits per heavy atom. The Morgan fingerprint density at radius 2 is 2.05 bits per heavy atom. The van der Waals surface area contributed by atoms with Gasteiger partial charge in [-0.2, -0.15) is 0 Å². The number of anilines is 1. The lowest BCUT2D eigenvalue weighted by atomic mass is 10.2. The van der Waals surface area contributed by atoms with Crippen LogP contribution in [0.2, 0.25) is 0 Å². The largest absolute Gasteiger partial charge is 0.329 e. The van der Waals surface area contributed by atoms with Gasteiger partial charge in [0.25, 0.3) is 0 Å². The number of urea groups is 1. The van der Waals surface area contributed by atoms with Gasteiger partial charge >= 0.3 is 6.03 Å². The van der Waals surface area contributed by atoms with Gasteiger partial charge in [0.05, 0.1) is 5.52 Å². The van der Waals surface area contributed by atoms with E-state index in [-0.39, 0.29) is 12.3 Å². The van der Waals surface area contributed by atoms with Crippen molar-refractivity contribution >= 4 is 44.6 Å². The first kappa shape index (κ1) is 12.1. The fraction of sp³-hybridized carbons (Fsp3) is 0.154. The van der Waals surface area contributed by atoms with E-state index in [1.807, 2.05) is 24.3 Å². The Kier molecular flexibility index (Phi) is 2.94. The third-order valence-corrected chi connectivity index (χ3v) is 3.64. The quantitative estimate of drug-likeness (QED) is 0.878. The van der Waals surface area contributed by atoms with Crippen molar-refractivity contribution in [3.05, 3.63) is 34.8 Å². The standard InChI is InChI=1S/C13H10BrN3O2/c14-9-7-11(15-10-4-2-1-3-8(9)10)17-6-5-12(18)16-13(17)19/h1-4,7H,5-6H2,(H,16,18,19). The van der Waals surface area contributed by atoms with E-state index in [1.165, 1.54) is 4.90 Å². The lowest BCUT2D eigenvalue weighted by Crippen LogP contribution is -2.49. The van der Waals surface area contributed by atoms with Crippen molar-refractivity contribution in [2.45, 2.75) is 6.42 Å². The van der Waals surface area contributed by atoms with Gasteiger partial charge in [-0.1, -0.05) is 18.2 Å². The van der Waals surface area contributed by atoms with Crippen molar-refractivity contribution in [3.8, 4) is 0 Å². The molecule has 1 aliphatic rings. The van der Waals surface area contributed by atoms with E-state index in [0.29, 0.717) is 12.4 Å². The summed E-state index contributed by atoms with van der Waals surface area (Å²) in [5.74, 6) is 0.289. The van der Waals surface area contributed by atoms with Crippen molar-refractivity contribution < 1.29 is 9.59 Å². The minimum absolute atomic E-state index is 0.249. The van der Waals surface area contributed by atoms with E-state index in [1.54, 1.807) is 6.07 Å². The summed E-state index contributed by atoms with van der Waals surface area (Å²) < 4.78 is 0.873. The number of carbonyl (C=O) groups is 2. The maximum atomic E-state index is 11.8. The Morgan fingerprint density at radius 1 is 1.26 bits per heavy atom. The molecule has 5 nitrogen and oxygen atoms in total. The molecule has 0 atom stereocenters. The van der Waals surface area contributed by atoms with Crippen LogP contribution in [0.5, 0.6) is 0 Å². The molecule has 0 aliphatic carbocycles. The van der Waals surface area contributed by atoms with Crippen LogP contribution in [0.3, 0.4) is 0 Å². The SMILES string of the molecule is O=C1CCN(c2cc(Br)c3ccccc3n2)C(=O)N1. The summed E-state index contributed by atoms with van der Waals surface area (Å²) in [6, 6.07) is 9.03. The van der Waals surface area contributed by atoms with Gasteiger partial charge in [-0.05, 0) is 28.1 Å². The van der Waals surface area contributed by atoms with Gasteiger partial charge in [-0.15, -0.1) is 0 Å². The highest BCUT2D eigenvalue weighted by molar-refractivity contribution is 9.10. The van der Waals surface area contributed by atoms with Gasteiger partial charge < -0.3 is 0 Å². The molecule has 2 heterocycles. The highest BCUT2D eigenvalue weighted by Crippen LogP contribution is 2.27. The summed E-state index contributed by atoms with van der Waals surface area (Å²) in [6.45, 7) is 0.350. The van der Waals surface area contributed by atoms with Crippen molar-refractivity contribution in [3.63, 3.8) is 0 Å². The van der Waals surface area contributed by atoms with Crippen LogP contribution in [-0.2, 0) is 4.79 Å². The summed E-state index contributed by atoms with van der Waals surface area (Å²) in [5.41, 5.74) is 0.802. The number of nitrogens with one attached hydrogen (secondary N) is 1. The van der Waals surface area contributed by atoms with Gasteiger partial charge in [0, 0.05) is 22.8 Å². The molecule has 1 aliphatic heterocycles. The van der Waals surface area contributed by atoms with E-state index < -0.39 is 6.03 Å². The summed E-state index contributed by atoms with van der Waals surface area (Å²) >= 11 is 3.48. The molecule has 0 spiro atoms. The fourth-order valence-electron chi connectivity index (χ4n) is 2.04. The second kappa shape index (κ2) is 4.62. The maximum Gasteiger partial charge on any atom is 0.329 e. The number of para-hydroxylation sites is 1. The number of rotatable bonds is 1. The van der Waals surface area contributed by atoms with Crippen LogP contribution in [-0.4, -0.2) is 23.5 Å². The molecule has 0 saturated carbocycles. The van der Waals surface area contributed by atoms with Crippen LogP contribution in [0, 0.1) is 0 Å². The summed E-state index contributed by atoms with van der Waals surface area (Å²) in [5, 5.41) is 3.27. The van der Waals surface area contributed by atoms with E-state index in [9.17, 15) is 9.59 Å². The molecule has 96 valence electrons. The number of fused-ring (bicyclic) bond motifs is 1. The first-order valence-corrected chi connectivity index (χ1v) is 6.61. The molecule has 0 radical (unpaired) electrons. The predicted molar refractivity (Wildman–Crippen MR) is 74.9 cm³/mol. The molecule has 3 rings (SSSR count). The molecule has 1 aromatic carbocycles. The number of benzene rings is 1. The molecule has 19 heavy (non-hydrogen) atoms. The normalized spacial score (nSPS) is 15.7.